The second-order valence-electron chi connectivity index (χ2n) is 2.92. The zero-order valence-electron chi connectivity index (χ0n) is 6.66. The SMILES string of the molecule is O=C(Cl)C1(S(=O)(=O)Cl)CC=CCC1. The van der Waals surface area contributed by atoms with Gasteiger partial charge < -0.3 is 0 Å². The summed E-state index contributed by atoms with van der Waals surface area (Å²) >= 11 is 5.26. The Balaban J connectivity index is 3.17. The molecule has 0 saturated heterocycles. The molecule has 0 bridgehead atoms. The van der Waals surface area contributed by atoms with E-state index in [1.54, 1.807) is 12.2 Å². The van der Waals surface area contributed by atoms with Gasteiger partial charge in [0.05, 0.1) is 0 Å². The monoisotopic (exact) mass is 242 g/mol. The first-order valence-electron chi connectivity index (χ1n) is 3.69. The van der Waals surface area contributed by atoms with Gasteiger partial charge in [-0.15, -0.1) is 0 Å². The third kappa shape index (κ3) is 1.90. The summed E-state index contributed by atoms with van der Waals surface area (Å²) in [7, 11) is 1.25. The summed E-state index contributed by atoms with van der Waals surface area (Å²) in [5.41, 5.74) is 0. The Labute approximate surface area is 86.1 Å². The molecule has 0 fully saturated rings. The van der Waals surface area contributed by atoms with Gasteiger partial charge in [-0.3, -0.25) is 4.79 Å². The van der Waals surface area contributed by atoms with Crippen LogP contribution >= 0.6 is 22.3 Å². The molecule has 0 N–H and O–H groups in total. The van der Waals surface area contributed by atoms with Gasteiger partial charge in [0, 0.05) is 10.7 Å². The first-order valence-corrected chi connectivity index (χ1v) is 6.38. The minimum absolute atomic E-state index is 0.0706. The van der Waals surface area contributed by atoms with Crippen molar-refractivity contribution in [2.24, 2.45) is 0 Å². The molecule has 0 aliphatic heterocycles. The van der Waals surface area contributed by atoms with Crippen molar-refractivity contribution in [1.29, 1.82) is 0 Å². The molecule has 1 rings (SSSR count). The Morgan fingerprint density at radius 1 is 1.38 bits per heavy atom. The molecule has 74 valence electrons. The summed E-state index contributed by atoms with van der Waals surface area (Å²) in [6, 6.07) is 0. The number of halogens is 2. The van der Waals surface area contributed by atoms with Crippen LogP contribution in [0, 0.1) is 0 Å². The lowest BCUT2D eigenvalue weighted by Crippen LogP contribution is -2.42. The lowest BCUT2D eigenvalue weighted by molar-refractivity contribution is -0.114. The van der Waals surface area contributed by atoms with E-state index >= 15 is 0 Å². The van der Waals surface area contributed by atoms with E-state index in [0.717, 1.165) is 0 Å². The zero-order valence-corrected chi connectivity index (χ0v) is 8.99. The summed E-state index contributed by atoms with van der Waals surface area (Å²) in [4.78, 5) is 11.0. The molecule has 1 aliphatic carbocycles. The van der Waals surface area contributed by atoms with Gasteiger partial charge >= 0.3 is 0 Å². The molecule has 0 aromatic heterocycles. The highest BCUT2D eigenvalue weighted by Crippen LogP contribution is 2.36. The molecular weight excluding hydrogens is 235 g/mol. The quantitative estimate of drug-likeness (QED) is 0.548. The molecule has 0 amide bonds. The van der Waals surface area contributed by atoms with E-state index in [-0.39, 0.29) is 12.8 Å². The molecule has 6 heteroatoms. The predicted octanol–water partition coefficient (Wildman–Crippen LogP) is 1.80. The van der Waals surface area contributed by atoms with Gasteiger partial charge in [0.15, 0.2) is 4.75 Å². The minimum Gasteiger partial charge on any atom is -0.279 e. The van der Waals surface area contributed by atoms with Crippen LogP contribution < -0.4 is 0 Å². The van der Waals surface area contributed by atoms with Crippen molar-refractivity contribution in [2.45, 2.75) is 24.0 Å². The first-order chi connectivity index (χ1) is 5.90. The normalized spacial score (nSPS) is 28.8. The fraction of sp³-hybridized carbons (Fsp3) is 0.571. The van der Waals surface area contributed by atoms with Crippen LogP contribution in [0.3, 0.4) is 0 Å². The van der Waals surface area contributed by atoms with Crippen LogP contribution in [0.5, 0.6) is 0 Å². The van der Waals surface area contributed by atoms with Crippen LogP contribution in [-0.2, 0) is 13.8 Å². The zero-order chi connectivity index (χ0) is 10.1. The summed E-state index contributed by atoms with van der Waals surface area (Å²) in [6.45, 7) is 0. The summed E-state index contributed by atoms with van der Waals surface area (Å²) < 4.78 is 20.7. The van der Waals surface area contributed by atoms with Crippen molar-refractivity contribution in [3.8, 4) is 0 Å². The second-order valence-corrected chi connectivity index (χ2v) is 6.14. The highest BCUT2D eigenvalue weighted by atomic mass is 35.7. The summed E-state index contributed by atoms with van der Waals surface area (Å²) in [5, 5.41) is -0.896. The van der Waals surface area contributed by atoms with E-state index in [1.807, 2.05) is 0 Å². The first kappa shape index (κ1) is 11.0. The fourth-order valence-corrected chi connectivity index (χ4v) is 3.38. The van der Waals surface area contributed by atoms with Crippen molar-refractivity contribution in [3.05, 3.63) is 12.2 Å². The van der Waals surface area contributed by atoms with Crippen molar-refractivity contribution >= 4 is 36.6 Å². The van der Waals surface area contributed by atoms with E-state index in [0.29, 0.717) is 6.42 Å². The van der Waals surface area contributed by atoms with Crippen molar-refractivity contribution in [1.82, 2.24) is 0 Å². The Morgan fingerprint density at radius 2 is 2.00 bits per heavy atom. The molecule has 1 atom stereocenters. The largest absolute Gasteiger partial charge is 0.279 e. The number of carbonyl (C=O) groups is 1. The van der Waals surface area contributed by atoms with Gasteiger partial charge in [-0.1, -0.05) is 12.2 Å². The van der Waals surface area contributed by atoms with E-state index in [2.05, 4.69) is 0 Å². The van der Waals surface area contributed by atoms with E-state index in [1.165, 1.54) is 0 Å². The highest BCUT2D eigenvalue weighted by molar-refractivity contribution is 8.15. The van der Waals surface area contributed by atoms with Crippen LogP contribution in [0.1, 0.15) is 19.3 Å². The molecule has 0 aromatic rings. The third-order valence-corrected chi connectivity index (χ3v) is 5.00. The molecule has 1 aliphatic rings. The molecule has 0 aromatic carbocycles. The van der Waals surface area contributed by atoms with Crippen molar-refractivity contribution in [3.63, 3.8) is 0 Å². The van der Waals surface area contributed by atoms with Gasteiger partial charge in [-0.25, -0.2) is 8.42 Å². The third-order valence-electron chi connectivity index (χ3n) is 2.15. The van der Waals surface area contributed by atoms with E-state index in [9.17, 15) is 13.2 Å². The topological polar surface area (TPSA) is 51.2 Å². The molecule has 13 heavy (non-hydrogen) atoms. The van der Waals surface area contributed by atoms with Gasteiger partial charge in [-0.05, 0) is 30.9 Å². The molecule has 0 radical (unpaired) electrons. The lowest BCUT2D eigenvalue weighted by atomic mass is 9.95. The smallest absolute Gasteiger partial charge is 0.247 e. The molecule has 3 nitrogen and oxygen atoms in total. The maximum atomic E-state index is 11.2. The van der Waals surface area contributed by atoms with Gasteiger partial charge in [0.1, 0.15) is 0 Å². The molecule has 1 unspecified atom stereocenters. The van der Waals surface area contributed by atoms with Crippen LogP contribution in [0.15, 0.2) is 12.2 Å². The maximum Gasteiger partial charge on any atom is 0.247 e. The van der Waals surface area contributed by atoms with Crippen LogP contribution in [0.2, 0.25) is 0 Å². The Hall–Kier alpha value is -0.0600. The van der Waals surface area contributed by atoms with Crippen LogP contribution in [-0.4, -0.2) is 18.4 Å². The summed E-state index contributed by atoms with van der Waals surface area (Å²) in [6.07, 6.45) is 4.16. The van der Waals surface area contributed by atoms with Crippen molar-refractivity contribution < 1.29 is 13.2 Å². The Bertz CT molecular complexity index is 347. The highest BCUT2D eigenvalue weighted by Gasteiger charge is 2.48. The number of carbonyl (C=O) groups excluding carboxylic acids is 1. The average Bonchev–Trinajstić information content (AvgIpc) is 2.03. The number of allylic oxidation sites excluding steroid dienone is 2. The average molecular weight is 243 g/mol. The Morgan fingerprint density at radius 3 is 2.23 bits per heavy atom. The predicted molar refractivity (Wildman–Crippen MR) is 51.4 cm³/mol. The standard InChI is InChI=1S/C7H8Cl2O3S/c8-6(10)7(13(9,11)12)4-2-1-3-5-7/h1-2H,3-5H2. The van der Waals surface area contributed by atoms with Crippen molar-refractivity contribution in [2.75, 3.05) is 0 Å². The summed E-state index contributed by atoms with van der Waals surface area (Å²) in [5.74, 6) is 0. The molecule has 0 spiro atoms. The van der Waals surface area contributed by atoms with E-state index < -0.39 is 19.0 Å². The second kappa shape index (κ2) is 3.59. The lowest BCUT2D eigenvalue weighted by Gasteiger charge is -2.27. The maximum absolute atomic E-state index is 11.2. The molecule has 0 saturated carbocycles. The van der Waals surface area contributed by atoms with E-state index in [4.69, 9.17) is 22.3 Å². The molecule has 0 heterocycles. The fourth-order valence-electron chi connectivity index (χ4n) is 1.31. The van der Waals surface area contributed by atoms with Gasteiger partial charge in [0.25, 0.3) is 0 Å². The molecular formula is C7H8Cl2O3S. The van der Waals surface area contributed by atoms with Gasteiger partial charge in [0.2, 0.25) is 14.3 Å². The van der Waals surface area contributed by atoms with Gasteiger partial charge in [-0.2, -0.15) is 0 Å². The van der Waals surface area contributed by atoms with Crippen LogP contribution in [0.25, 0.3) is 0 Å². The number of hydrogen-bond donors (Lipinski definition) is 0. The Kier molecular flexibility index (Phi) is 3.05. The van der Waals surface area contributed by atoms with Crippen LogP contribution in [0.4, 0.5) is 0 Å². The number of rotatable bonds is 2. The number of hydrogen-bond acceptors (Lipinski definition) is 3. The minimum atomic E-state index is -3.95.